The summed E-state index contributed by atoms with van der Waals surface area (Å²) in [6, 6.07) is 4.44. The van der Waals surface area contributed by atoms with E-state index < -0.39 is 11.7 Å². The van der Waals surface area contributed by atoms with Crippen molar-refractivity contribution in [3.63, 3.8) is 0 Å². The lowest BCUT2D eigenvalue weighted by Crippen LogP contribution is -2.55. The van der Waals surface area contributed by atoms with Crippen LogP contribution in [0.1, 0.15) is 40.5 Å². The highest BCUT2D eigenvalue weighted by Gasteiger charge is 2.33. The average Bonchev–Trinajstić information content (AvgIpc) is 3.33. The number of carbonyl (C=O) groups is 2. The van der Waals surface area contributed by atoms with E-state index in [1.807, 2.05) is 18.7 Å². The van der Waals surface area contributed by atoms with Gasteiger partial charge in [0.25, 0.3) is 5.91 Å². The van der Waals surface area contributed by atoms with Crippen molar-refractivity contribution in [1.82, 2.24) is 14.8 Å². The molecule has 2 aromatic rings. The quantitative estimate of drug-likeness (QED) is 0.692. The summed E-state index contributed by atoms with van der Waals surface area (Å²) < 4.78 is 19.9. The highest BCUT2D eigenvalue weighted by atomic mass is 35.5. The number of rotatable bonds is 5. The summed E-state index contributed by atoms with van der Waals surface area (Å²) in [5.41, 5.74) is 2.96. The molecular weight excluding hydrogens is 459 g/mol. The van der Waals surface area contributed by atoms with Crippen LogP contribution in [0.15, 0.2) is 24.4 Å². The van der Waals surface area contributed by atoms with Crippen molar-refractivity contribution >= 4 is 29.1 Å². The second kappa shape index (κ2) is 10.4. The number of piperazine rings is 1. The number of anilines is 1. The van der Waals surface area contributed by atoms with E-state index in [-0.39, 0.29) is 17.9 Å². The normalized spacial score (nSPS) is 21.0. The Morgan fingerprint density at radius 2 is 2.06 bits per heavy atom. The zero-order valence-corrected chi connectivity index (χ0v) is 20.5. The fraction of sp³-hybridized carbons (Fsp3) is 0.480. The number of hydrogen-bond donors (Lipinski definition) is 1. The molecule has 1 aromatic carbocycles. The molecule has 3 heterocycles. The standard InChI is InChI=1S/C25H30ClFN4O3/c1-15-12-30(5-6-31(15)25(33)18-4-7-34-14-18)13-20-8-21(27)10-23(16(20)2)29-24(32)19-9-22(26)17(3)28-11-19/h8-11,15,18H,4-7,12-14H2,1-3H3,(H,29,32). The SMILES string of the molecule is Cc1ncc(C(=O)Nc2cc(F)cc(CN3CCN(C(=O)C4CCOC4)C(C)C3)c2C)cc1Cl. The second-order valence-corrected chi connectivity index (χ2v) is 9.57. The molecule has 34 heavy (non-hydrogen) atoms. The van der Waals surface area contributed by atoms with E-state index in [4.69, 9.17) is 16.3 Å². The van der Waals surface area contributed by atoms with Gasteiger partial charge in [-0.15, -0.1) is 0 Å². The number of hydrogen-bond acceptors (Lipinski definition) is 5. The van der Waals surface area contributed by atoms with E-state index in [1.54, 1.807) is 13.0 Å². The molecule has 9 heteroatoms. The highest BCUT2D eigenvalue weighted by Crippen LogP contribution is 2.26. The van der Waals surface area contributed by atoms with E-state index in [1.165, 1.54) is 18.3 Å². The Kier molecular flexibility index (Phi) is 7.50. The first kappa shape index (κ1) is 24.6. The summed E-state index contributed by atoms with van der Waals surface area (Å²) in [5, 5.41) is 3.19. The number of halogens is 2. The van der Waals surface area contributed by atoms with Gasteiger partial charge in [0.15, 0.2) is 0 Å². The van der Waals surface area contributed by atoms with Gasteiger partial charge in [-0.3, -0.25) is 19.5 Å². The number of benzene rings is 1. The molecule has 7 nitrogen and oxygen atoms in total. The van der Waals surface area contributed by atoms with Gasteiger partial charge in [-0.1, -0.05) is 11.6 Å². The van der Waals surface area contributed by atoms with Crippen molar-refractivity contribution in [2.75, 3.05) is 38.2 Å². The molecule has 1 aromatic heterocycles. The lowest BCUT2D eigenvalue weighted by molar-refractivity contribution is -0.140. The fourth-order valence-corrected chi connectivity index (χ4v) is 4.73. The van der Waals surface area contributed by atoms with Crippen molar-refractivity contribution in [1.29, 1.82) is 0 Å². The Labute approximate surface area is 204 Å². The van der Waals surface area contributed by atoms with Gasteiger partial charge in [-0.25, -0.2) is 4.39 Å². The summed E-state index contributed by atoms with van der Waals surface area (Å²) in [4.78, 5) is 33.8. The maximum absolute atomic E-state index is 14.5. The van der Waals surface area contributed by atoms with Crippen molar-refractivity contribution in [3.05, 3.63) is 57.6 Å². The van der Waals surface area contributed by atoms with Crippen LogP contribution >= 0.6 is 11.6 Å². The van der Waals surface area contributed by atoms with Crippen LogP contribution in [-0.4, -0.2) is 65.5 Å². The smallest absolute Gasteiger partial charge is 0.257 e. The molecule has 0 radical (unpaired) electrons. The van der Waals surface area contributed by atoms with E-state index in [9.17, 15) is 14.0 Å². The van der Waals surface area contributed by atoms with Gasteiger partial charge in [0.2, 0.25) is 5.91 Å². The van der Waals surface area contributed by atoms with E-state index in [0.29, 0.717) is 61.4 Å². The van der Waals surface area contributed by atoms with E-state index in [0.717, 1.165) is 17.5 Å². The van der Waals surface area contributed by atoms with Gasteiger partial charge < -0.3 is 15.0 Å². The van der Waals surface area contributed by atoms with Crippen molar-refractivity contribution in [2.45, 2.75) is 39.8 Å². The van der Waals surface area contributed by atoms with Gasteiger partial charge in [-0.2, -0.15) is 0 Å². The topological polar surface area (TPSA) is 74.8 Å². The molecular formula is C25H30ClFN4O3. The van der Waals surface area contributed by atoms with Gasteiger partial charge in [-0.05, 0) is 56.5 Å². The van der Waals surface area contributed by atoms with Crippen molar-refractivity contribution < 1.29 is 18.7 Å². The Bertz CT molecular complexity index is 1090. The molecule has 2 amide bonds. The van der Waals surface area contributed by atoms with Crippen LogP contribution in [0.2, 0.25) is 5.02 Å². The number of nitrogens with zero attached hydrogens (tertiary/aromatic N) is 3. The molecule has 0 saturated carbocycles. The third-order valence-corrected chi connectivity index (χ3v) is 7.07. The molecule has 2 aliphatic heterocycles. The van der Waals surface area contributed by atoms with Crippen LogP contribution in [0.5, 0.6) is 0 Å². The van der Waals surface area contributed by atoms with Crippen LogP contribution in [0.4, 0.5) is 10.1 Å². The summed E-state index contributed by atoms with van der Waals surface area (Å²) >= 11 is 6.09. The highest BCUT2D eigenvalue weighted by molar-refractivity contribution is 6.31. The molecule has 0 aliphatic carbocycles. The zero-order valence-electron chi connectivity index (χ0n) is 19.7. The zero-order chi connectivity index (χ0) is 24.4. The third kappa shape index (κ3) is 5.40. The molecule has 2 fully saturated rings. The molecule has 2 saturated heterocycles. The van der Waals surface area contributed by atoms with Gasteiger partial charge in [0.1, 0.15) is 5.82 Å². The Balaban J connectivity index is 1.43. The maximum Gasteiger partial charge on any atom is 0.257 e. The lowest BCUT2D eigenvalue weighted by atomic mass is 10.0. The van der Waals surface area contributed by atoms with Crippen LogP contribution in [0.3, 0.4) is 0 Å². The average molecular weight is 489 g/mol. The number of aromatic nitrogens is 1. The first-order chi connectivity index (χ1) is 16.2. The number of carbonyl (C=O) groups excluding carboxylic acids is 2. The first-order valence-electron chi connectivity index (χ1n) is 11.6. The molecule has 2 aliphatic rings. The molecule has 0 spiro atoms. The number of pyridine rings is 1. The van der Waals surface area contributed by atoms with Crippen LogP contribution in [0.25, 0.3) is 0 Å². The van der Waals surface area contributed by atoms with E-state index in [2.05, 4.69) is 15.2 Å². The van der Waals surface area contributed by atoms with Crippen LogP contribution in [-0.2, 0) is 16.1 Å². The third-order valence-electron chi connectivity index (χ3n) is 6.68. The Morgan fingerprint density at radius 1 is 1.26 bits per heavy atom. The monoisotopic (exact) mass is 488 g/mol. The Morgan fingerprint density at radius 3 is 2.74 bits per heavy atom. The largest absolute Gasteiger partial charge is 0.381 e. The van der Waals surface area contributed by atoms with Crippen molar-refractivity contribution in [2.24, 2.45) is 5.92 Å². The lowest BCUT2D eigenvalue weighted by Gasteiger charge is -2.41. The second-order valence-electron chi connectivity index (χ2n) is 9.16. The van der Waals surface area contributed by atoms with E-state index >= 15 is 0 Å². The maximum atomic E-state index is 14.5. The predicted molar refractivity (Wildman–Crippen MR) is 128 cm³/mol. The molecule has 1 N–H and O–H groups in total. The summed E-state index contributed by atoms with van der Waals surface area (Å²) in [6.45, 7) is 9.40. The number of nitrogens with one attached hydrogen (secondary N) is 1. The molecule has 0 bridgehead atoms. The van der Waals surface area contributed by atoms with Gasteiger partial charge in [0, 0.05) is 50.7 Å². The first-order valence-corrected chi connectivity index (χ1v) is 11.9. The van der Waals surface area contributed by atoms with Crippen LogP contribution < -0.4 is 5.32 Å². The summed E-state index contributed by atoms with van der Waals surface area (Å²) in [6.07, 6.45) is 2.24. The molecule has 4 rings (SSSR count). The predicted octanol–water partition coefficient (Wildman–Crippen LogP) is 3.81. The number of ether oxygens (including phenoxy) is 1. The molecule has 182 valence electrons. The summed E-state index contributed by atoms with van der Waals surface area (Å²) in [7, 11) is 0. The molecule has 2 atom stereocenters. The van der Waals surface area contributed by atoms with Crippen LogP contribution in [0, 0.1) is 25.6 Å². The minimum absolute atomic E-state index is 0.0377. The molecule has 2 unspecified atom stereocenters. The van der Waals surface area contributed by atoms with Gasteiger partial charge >= 0.3 is 0 Å². The number of amides is 2. The Hall–Kier alpha value is -2.55. The minimum Gasteiger partial charge on any atom is -0.381 e. The fourth-order valence-electron chi connectivity index (χ4n) is 4.56. The summed E-state index contributed by atoms with van der Waals surface area (Å²) in [5.74, 6) is -0.684. The van der Waals surface area contributed by atoms with Gasteiger partial charge in [0.05, 0.1) is 28.8 Å². The van der Waals surface area contributed by atoms with Crippen molar-refractivity contribution in [3.8, 4) is 0 Å². The number of aryl methyl sites for hydroxylation is 1. The minimum atomic E-state index is -0.418.